The van der Waals surface area contributed by atoms with Crippen LogP contribution in [-0.4, -0.2) is 21.4 Å². The van der Waals surface area contributed by atoms with E-state index in [1.807, 2.05) is 25.1 Å². The molecule has 1 aromatic carbocycles. The summed E-state index contributed by atoms with van der Waals surface area (Å²) in [5, 5.41) is 13.6. The zero-order valence-corrected chi connectivity index (χ0v) is 11.9. The van der Waals surface area contributed by atoms with Crippen LogP contribution in [0.2, 0.25) is 0 Å². The Morgan fingerprint density at radius 3 is 2.68 bits per heavy atom. The Bertz CT molecular complexity index is 499. The standard InChI is InChI=1S/C14H18N2O2S/c1-3-12(10(2)17)14-15-13(16-18-14)9-19-11-7-5-4-6-8-11/h4-8,10,12,17H,3,9H2,1-2H3. The van der Waals surface area contributed by atoms with Gasteiger partial charge in [0.1, 0.15) is 0 Å². The van der Waals surface area contributed by atoms with Crippen molar-refractivity contribution in [1.82, 2.24) is 10.1 Å². The van der Waals surface area contributed by atoms with E-state index in [9.17, 15) is 5.11 Å². The molecule has 0 saturated heterocycles. The van der Waals surface area contributed by atoms with Crippen molar-refractivity contribution in [2.45, 2.75) is 42.9 Å². The quantitative estimate of drug-likeness (QED) is 0.822. The van der Waals surface area contributed by atoms with Crippen molar-refractivity contribution in [3.05, 3.63) is 42.0 Å². The maximum atomic E-state index is 9.65. The average molecular weight is 278 g/mol. The molecule has 0 bridgehead atoms. The Kier molecular flexibility index (Phi) is 4.99. The van der Waals surface area contributed by atoms with E-state index < -0.39 is 6.10 Å². The number of aromatic nitrogens is 2. The summed E-state index contributed by atoms with van der Waals surface area (Å²) in [7, 11) is 0. The van der Waals surface area contributed by atoms with Gasteiger partial charge >= 0.3 is 0 Å². The van der Waals surface area contributed by atoms with Crippen molar-refractivity contribution in [2.75, 3.05) is 0 Å². The van der Waals surface area contributed by atoms with E-state index in [4.69, 9.17) is 4.52 Å². The number of aliphatic hydroxyl groups excluding tert-OH is 1. The van der Waals surface area contributed by atoms with Crippen molar-refractivity contribution >= 4 is 11.8 Å². The van der Waals surface area contributed by atoms with Gasteiger partial charge in [0.05, 0.1) is 17.8 Å². The molecule has 5 heteroatoms. The summed E-state index contributed by atoms with van der Waals surface area (Å²) in [6.45, 7) is 3.75. The molecule has 2 aromatic rings. The number of aliphatic hydroxyl groups is 1. The third-order valence-electron chi connectivity index (χ3n) is 2.93. The predicted octanol–water partition coefficient (Wildman–Crippen LogP) is 3.24. The van der Waals surface area contributed by atoms with Crippen molar-refractivity contribution in [2.24, 2.45) is 0 Å². The van der Waals surface area contributed by atoms with Crippen LogP contribution in [0.3, 0.4) is 0 Å². The van der Waals surface area contributed by atoms with E-state index in [1.165, 1.54) is 4.90 Å². The normalized spacial score (nSPS) is 14.3. The van der Waals surface area contributed by atoms with Crippen molar-refractivity contribution in [1.29, 1.82) is 0 Å². The Morgan fingerprint density at radius 2 is 2.05 bits per heavy atom. The molecule has 1 heterocycles. The first-order valence-corrected chi connectivity index (χ1v) is 7.37. The SMILES string of the molecule is CCC(c1nc(CSc2ccccc2)no1)C(C)O. The van der Waals surface area contributed by atoms with E-state index >= 15 is 0 Å². The summed E-state index contributed by atoms with van der Waals surface area (Å²) in [6.07, 6.45) is 0.311. The molecule has 1 aromatic heterocycles. The largest absolute Gasteiger partial charge is 0.393 e. The van der Waals surface area contributed by atoms with Gasteiger partial charge < -0.3 is 9.63 Å². The van der Waals surface area contributed by atoms with Crippen LogP contribution in [0.5, 0.6) is 0 Å². The van der Waals surface area contributed by atoms with Crippen LogP contribution in [0.4, 0.5) is 0 Å². The summed E-state index contributed by atoms with van der Waals surface area (Å²) < 4.78 is 5.23. The topological polar surface area (TPSA) is 59.2 Å². The summed E-state index contributed by atoms with van der Waals surface area (Å²) in [4.78, 5) is 5.54. The van der Waals surface area contributed by atoms with E-state index in [2.05, 4.69) is 22.3 Å². The van der Waals surface area contributed by atoms with Crippen LogP contribution in [-0.2, 0) is 5.75 Å². The van der Waals surface area contributed by atoms with E-state index in [0.29, 0.717) is 17.5 Å². The highest BCUT2D eigenvalue weighted by atomic mass is 32.2. The lowest BCUT2D eigenvalue weighted by atomic mass is 10.0. The summed E-state index contributed by atoms with van der Waals surface area (Å²) in [6, 6.07) is 10.1. The van der Waals surface area contributed by atoms with Crippen molar-refractivity contribution in [3.63, 3.8) is 0 Å². The fourth-order valence-corrected chi connectivity index (χ4v) is 2.63. The second kappa shape index (κ2) is 6.73. The zero-order chi connectivity index (χ0) is 13.7. The molecule has 0 radical (unpaired) electrons. The van der Waals surface area contributed by atoms with Gasteiger partial charge in [-0.3, -0.25) is 0 Å². The smallest absolute Gasteiger partial charge is 0.232 e. The molecule has 0 saturated carbocycles. The van der Waals surface area contributed by atoms with Crippen LogP contribution in [0.15, 0.2) is 39.8 Å². The van der Waals surface area contributed by atoms with Gasteiger partial charge in [0.2, 0.25) is 5.89 Å². The van der Waals surface area contributed by atoms with Crippen LogP contribution >= 0.6 is 11.8 Å². The molecule has 2 rings (SSSR count). The van der Waals surface area contributed by atoms with Gasteiger partial charge in [-0.2, -0.15) is 4.98 Å². The Balaban J connectivity index is 1.97. The summed E-state index contributed by atoms with van der Waals surface area (Å²) in [5.41, 5.74) is 0. The molecule has 1 N–H and O–H groups in total. The van der Waals surface area contributed by atoms with E-state index in [1.54, 1.807) is 18.7 Å². The molecule has 0 spiro atoms. The van der Waals surface area contributed by atoms with Crippen molar-refractivity contribution < 1.29 is 9.63 Å². The molecule has 0 aliphatic carbocycles. The number of benzene rings is 1. The number of hydrogen-bond donors (Lipinski definition) is 1. The third kappa shape index (κ3) is 3.81. The van der Waals surface area contributed by atoms with Gasteiger partial charge in [0.15, 0.2) is 5.82 Å². The minimum absolute atomic E-state index is 0.0806. The van der Waals surface area contributed by atoms with Gasteiger partial charge in [-0.1, -0.05) is 30.3 Å². The summed E-state index contributed by atoms with van der Waals surface area (Å²) in [5.74, 6) is 1.79. The highest BCUT2D eigenvalue weighted by Crippen LogP contribution is 2.24. The molecule has 0 aliphatic rings. The lowest BCUT2D eigenvalue weighted by Gasteiger charge is -2.12. The number of nitrogens with zero attached hydrogens (tertiary/aromatic N) is 2. The number of rotatable bonds is 6. The highest BCUT2D eigenvalue weighted by Gasteiger charge is 2.21. The molecule has 0 fully saturated rings. The molecule has 2 atom stereocenters. The van der Waals surface area contributed by atoms with Crippen LogP contribution in [0, 0.1) is 0 Å². The maximum absolute atomic E-state index is 9.65. The molecule has 4 nitrogen and oxygen atoms in total. The Hall–Kier alpha value is -1.33. The Morgan fingerprint density at radius 1 is 1.32 bits per heavy atom. The number of thioether (sulfide) groups is 1. The number of hydrogen-bond acceptors (Lipinski definition) is 5. The van der Waals surface area contributed by atoms with E-state index in [-0.39, 0.29) is 5.92 Å². The summed E-state index contributed by atoms with van der Waals surface area (Å²) >= 11 is 1.67. The molecule has 0 amide bonds. The fraction of sp³-hybridized carbons (Fsp3) is 0.429. The first kappa shape index (κ1) is 14.1. The molecule has 102 valence electrons. The van der Waals surface area contributed by atoms with Gasteiger partial charge in [0, 0.05) is 4.90 Å². The van der Waals surface area contributed by atoms with Crippen LogP contribution in [0.1, 0.15) is 37.9 Å². The van der Waals surface area contributed by atoms with Gasteiger partial charge in [0.25, 0.3) is 0 Å². The lowest BCUT2D eigenvalue weighted by molar-refractivity contribution is 0.141. The first-order valence-electron chi connectivity index (χ1n) is 6.39. The Labute approximate surface area is 117 Å². The average Bonchev–Trinajstić information content (AvgIpc) is 2.87. The minimum atomic E-state index is -0.472. The van der Waals surface area contributed by atoms with Gasteiger partial charge in [-0.15, -0.1) is 11.8 Å². The van der Waals surface area contributed by atoms with E-state index in [0.717, 1.165) is 6.42 Å². The maximum Gasteiger partial charge on any atom is 0.232 e. The molecule has 2 unspecified atom stereocenters. The zero-order valence-electron chi connectivity index (χ0n) is 11.1. The third-order valence-corrected chi connectivity index (χ3v) is 3.94. The predicted molar refractivity (Wildman–Crippen MR) is 75.0 cm³/mol. The second-order valence-electron chi connectivity index (χ2n) is 4.41. The minimum Gasteiger partial charge on any atom is -0.393 e. The molecular formula is C14H18N2O2S. The van der Waals surface area contributed by atoms with Gasteiger partial charge in [-0.05, 0) is 25.5 Å². The van der Waals surface area contributed by atoms with Crippen LogP contribution < -0.4 is 0 Å². The second-order valence-corrected chi connectivity index (χ2v) is 5.45. The molecular weight excluding hydrogens is 260 g/mol. The van der Waals surface area contributed by atoms with Gasteiger partial charge in [-0.25, -0.2) is 0 Å². The highest BCUT2D eigenvalue weighted by molar-refractivity contribution is 7.98. The van der Waals surface area contributed by atoms with Crippen molar-refractivity contribution in [3.8, 4) is 0 Å². The van der Waals surface area contributed by atoms with Crippen LogP contribution in [0.25, 0.3) is 0 Å². The first-order chi connectivity index (χ1) is 9.20. The molecule has 19 heavy (non-hydrogen) atoms. The molecule has 0 aliphatic heterocycles. The lowest BCUT2D eigenvalue weighted by Crippen LogP contribution is -2.14. The fourth-order valence-electron chi connectivity index (χ4n) is 1.86. The monoisotopic (exact) mass is 278 g/mol.